The summed E-state index contributed by atoms with van der Waals surface area (Å²) >= 11 is 0. The molecule has 1 aliphatic rings. The second-order valence-corrected chi connectivity index (χ2v) is 6.96. The van der Waals surface area contributed by atoms with Gasteiger partial charge in [-0.2, -0.15) is 0 Å². The monoisotopic (exact) mass is 338 g/mol. The van der Waals surface area contributed by atoms with E-state index >= 15 is 0 Å². The molecule has 0 radical (unpaired) electrons. The molecule has 1 atom stereocenters. The van der Waals surface area contributed by atoms with E-state index in [1.54, 1.807) is 6.92 Å². The van der Waals surface area contributed by atoms with Gasteiger partial charge in [-0.15, -0.1) is 0 Å². The zero-order valence-electron chi connectivity index (χ0n) is 15.4. The fourth-order valence-electron chi connectivity index (χ4n) is 3.12. The maximum Gasteiger partial charge on any atom is 0.149 e. The molecular formula is C19H34N2O3. The molecule has 1 N–H and O–H groups in total. The van der Waals surface area contributed by atoms with Crippen LogP contribution in [0.2, 0.25) is 0 Å². The van der Waals surface area contributed by atoms with Crippen molar-refractivity contribution in [3.63, 3.8) is 0 Å². The third-order valence-corrected chi connectivity index (χ3v) is 4.71. The normalized spacial score (nSPS) is 22.2. The predicted molar refractivity (Wildman–Crippen MR) is 96.1 cm³/mol. The van der Waals surface area contributed by atoms with Crippen LogP contribution >= 0.6 is 0 Å². The predicted octanol–water partition coefficient (Wildman–Crippen LogP) is 2.38. The maximum atomic E-state index is 12.7. The Morgan fingerprint density at radius 2 is 1.88 bits per heavy atom. The minimum atomic E-state index is -0.0473. The molecule has 1 aliphatic heterocycles. The summed E-state index contributed by atoms with van der Waals surface area (Å²) in [5.41, 5.74) is 0. The lowest BCUT2D eigenvalue weighted by Crippen LogP contribution is -2.37. The minimum absolute atomic E-state index is 0.0473. The first-order chi connectivity index (χ1) is 11.5. The first-order valence-corrected chi connectivity index (χ1v) is 9.49. The number of carbonyl (C=O) groups excluding carboxylic acids is 3. The molecule has 24 heavy (non-hydrogen) atoms. The fourth-order valence-corrected chi connectivity index (χ4v) is 3.12. The van der Waals surface area contributed by atoms with Gasteiger partial charge in [-0.25, -0.2) is 0 Å². The molecule has 1 fully saturated rings. The Bertz CT molecular complexity index is 409. The number of ketones is 3. The van der Waals surface area contributed by atoms with Crippen molar-refractivity contribution in [3.8, 4) is 0 Å². The molecule has 0 aromatic heterocycles. The Morgan fingerprint density at radius 1 is 1.17 bits per heavy atom. The van der Waals surface area contributed by atoms with Crippen molar-refractivity contribution in [1.82, 2.24) is 10.2 Å². The lowest BCUT2D eigenvalue weighted by atomic mass is 9.91. The second-order valence-electron chi connectivity index (χ2n) is 6.96. The molecule has 0 unspecified atom stereocenters. The third-order valence-electron chi connectivity index (χ3n) is 4.71. The zero-order chi connectivity index (χ0) is 17.8. The zero-order valence-corrected chi connectivity index (χ0v) is 15.4. The van der Waals surface area contributed by atoms with Crippen molar-refractivity contribution in [2.24, 2.45) is 5.92 Å². The van der Waals surface area contributed by atoms with E-state index in [0.29, 0.717) is 32.4 Å². The molecule has 0 spiro atoms. The molecule has 0 amide bonds. The van der Waals surface area contributed by atoms with Crippen LogP contribution in [0.5, 0.6) is 0 Å². The molecule has 1 saturated heterocycles. The summed E-state index contributed by atoms with van der Waals surface area (Å²) in [6.45, 7) is 6.95. The van der Waals surface area contributed by atoms with Crippen LogP contribution in [0.4, 0.5) is 0 Å². The fraction of sp³-hybridized carbons (Fsp3) is 0.842. The highest BCUT2D eigenvalue weighted by atomic mass is 16.1. The summed E-state index contributed by atoms with van der Waals surface area (Å²) in [5.74, 6) is 0.483. The number of carbonyl (C=O) groups is 3. The Labute approximate surface area is 146 Å². The number of nitrogens with zero attached hydrogens (tertiary/aromatic N) is 1. The van der Waals surface area contributed by atoms with Crippen molar-refractivity contribution in [3.05, 3.63) is 0 Å². The highest BCUT2D eigenvalue weighted by Crippen LogP contribution is 2.18. The summed E-state index contributed by atoms with van der Waals surface area (Å²) < 4.78 is 0. The Morgan fingerprint density at radius 3 is 2.54 bits per heavy atom. The van der Waals surface area contributed by atoms with E-state index in [4.69, 9.17) is 0 Å². The Balaban J connectivity index is 2.70. The van der Waals surface area contributed by atoms with Crippen molar-refractivity contribution >= 4 is 17.3 Å². The number of nitrogens with one attached hydrogen (secondary N) is 1. The molecule has 5 heteroatoms. The molecule has 0 saturated carbocycles. The van der Waals surface area contributed by atoms with Gasteiger partial charge in [0.2, 0.25) is 0 Å². The van der Waals surface area contributed by atoms with Crippen molar-refractivity contribution in [2.45, 2.75) is 65.2 Å². The van der Waals surface area contributed by atoms with E-state index in [1.807, 2.05) is 11.8 Å². The van der Waals surface area contributed by atoms with E-state index in [1.165, 1.54) is 0 Å². The first kappa shape index (κ1) is 21.0. The third kappa shape index (κ3) is 9.28. The van der Waals surface area contributed by atoms with Crippen LogP contribution in [0.25, 0.3) is 0 Å². The molecular weight excluding hydrogens is 304 g/mol. The summed E-state index contributed by atoms with van der Waals surface area (Å²) in [7, 11) is 0. The summed E-state index contributed by atoms with van der Waals surface area (Å²) in [5, 5.41) is 3.44. The van der Waals surface area contributed by atoms with Gasteiger partial charge in [-0.3, -0.25) is 14.5 Å². The van der Waals surface area contributed by atoms with Crippen LogP contribution in [-0.2, 0) is 14.4 Å². The topological polar surface area (TPSA) is 66.5 Å². The smallest absolute Gasteiger partial charge is 0.149 e. The molecule has 0 aliphatic carbocycles. The Kier molecular flexibility index (Phi) is 10.8. The Hall–Kier alpha value is -1.07. The van der Waals surface area contributed by atoms with E-state index in [-0.39, 0.29) is 23.3 Å². The first-order valence-electron chi connectivity index (χ1n) is 9.49. The maximum absolute atomic E-state index is 12.7. The highest BCUT2D eigenvalue weighted by Gasteiger charge is 2.22. The van der Waals surface area contributed by atoms with Crippen LogP contribution in [0, 0.1) is 5.92 Å². The molecule has 1 heterocycles. The minimum Gasteiger partial charge on any atom is -0.317 e. The largest absolute Gasteiger partial charge is 0.317 e. The van der Waals surface area contributed by atoms with Gasteiger partial charge in [0.1, 0.15) is 17.3 Å². The van der Waals surface area contributed by atoms with Gasteiger partial charge in [0.05, 0.1) is 13.1 Å². The van der Waals surface area contributed by atoms with E-state index < -0.39 is 0 Å². The summed E-state index contributed by atoms with van der Waals surface area (Å²) in [6.07, 6.45) is 6.63. The van der Waals surface area contributed by atoms with Crippen molar-refractivity contribution in [1.29, 1.82) is 0 Å². The molecule has 0 aromatic carbocycles. The quantitative estimate of drug-likeness (QED) is 0.805. The van der Waals surface area contributed by atoms with E-state index in [0.717, 1.165) is 51.7 Å². The van der Waals surface area contributed by atoms with E-state index in [9.17, 15) is 14.4 Å². The van der Waals surface area contributed by atoms with Crippen LogP contribution < -0.4 is 5.32 Å². The molecule has 0 bridgehead atoms. The van der Waals surface area contributed by atoms with Crippen molar-refractivity contribution in [2.75, 3.05) is 32.7 Å². The van der Waals surface area contributed by atoms with Crippen LogP contribution in [0.15, 0.2) is 0 Å². The number of Topliss-reactive ketones (excluding diaryl/α,β-unsaturated/α-hetero) is 3. The number of hydrogen-bond donors (Lipinski definition) is 1. The molecule has 138 valence electrons. The second kappa shape index (κ2) is 12.3. The van der Waals surface area contributed by atoms with Crippen molar-refractivity contribution < 1.29 is 14.4 Å². The van der Waals surface area contributed by atoms with Crippen LogP contribution in [-0.4, -0.2) is 55.0 Å². The lowest BCUT2D eigenvalue weighted by Gasteiger charge is -2.23. The van der Waals surface area contributed by atoms with Crippen LogP contribution in [0.1, 0.15) is 65.2 Å². The van der Waals surface area contributed by atoms with Gasteiger partial charge >= 0.3 is 0 Å². The van der Waals surface area contributed by atoms with Gasteiger partial charge < -0.3 is 10.1 Å². The van der Waals surface area contributed by atoms with Gasteiger partial charge in [0, 0.05) is 18.8 Å². The SMILES string of the molecule is CCC(=O)CN1CCCCNCCCC[C@H](CCC(C)=O)C(=O)C1. The molecule has 0 aromatic rings. The molecule has 5 nitrogen and oxygen atoms in total. The van der Waals surface area contributed by atoms with Gasteiger partial charge in [0.15, 0.2) is 0 Å². The number of hydrogen-bond acceptors (Lipinski definition) is 5. The average molecular weight is 338 g/mol. The van der Waals surface area contributed by atoms with Gasteiger partial charge in [0.25, 0.3) is 0 Å². The standard InChI is InChI=1S/C19H34N2O3/c1-3-18(23)14-21-13-7-6-12-20-11-5-4-8-17(19(24)15-21)10-9-16(2)22/h17,20H,3-15H2,1-2H3/t17-/m1/s1. The van der Waals surface area contributed by atoms with E-state index in [2.05, 4.69) is 5.32 Å². The van der Waals surface area contributed by atoms with Gasteiger partial charge in [-0.1, -0.05) is 13.3 Å². The lowest BCUT2D eigenvalue weighted by molar-refractivity contribution is -0.126. The molecule has 1 rings (SSSR count). The summed E-state index contributed by atoms with van der Waals surface area (Å²) in [4.78, 5) is 37.8. The number of rotatable bonds is 6. The summed E-state index contributed by atoms with van der Waals surface area (Å²) in [6, 6.07) is 0. The highest BCUT2D eigenvalue weighted by molar-refractivity contribution is 5.85. The van der Waals surface area contributed by atoms with Crippen LogP contribution in [0.3, 0.4) is 0 Å². The average Bonchev–Trinajstić information content (AvgIpc) is 2.55. The van der Waals surface area contributed by atoms with Gasteiger partial charge in [-0.05, 0) is 58.7 Å².